The Kier molecular flexibility index (Phi) is 4.61. The van der Waals surface area contributed by atoms with E-state index in [-0.39, 0.29) is 29.2 Å². The molecule has 1 saturated heterocycles. The van der Waals surface area contributed by atoms with Gasteiger partial charge in [-0.05, 0) is 31.0 Å². The second-order valence-corrected chi connectivity index (χ2v) is 7.17. The summed E-state index contributed by atoms with van der Waals surface area (Å²) < 4.78 is 6.98. The second-order valence-electron chi connectivity index (χ2n) is 7.17. The molecule has 1 aliphatic heterocycles. The lowest BCUT2D eigenvalue weighted by Crippen LogP contribution is -2.44. The lowest BCUT2D eigenvalue weighted by molar-refractivity contribution is 0.0918. The SMILES string of the molecule is CN(C)c1ccc(C(=O)NC2COCC2n2nc(C3CC3)ccc2=O)nn1. The van der Waals surface area contributed by atoms with Crippen molar-refractivity contribution in [3.05, 3.63) is 46.0 Å². The van der Waals surface area contributed by atoms with Gasteiger partial charge in [0.15, 0.2) is 11.5 Å². The van der Waals surface area contributed by atoms with Gasteiger partial charge >= 0.3 is 0 Å². The zero-order chi connectivity index (χ0) is 19.0. The monoisotopic (exact) mass is 370 g/mol. The zero-order valence-corrected chi connectivity index (χ0v) is 15.3. The van der Waals surface area contributed by atoms with Crippen LogP contribution in [0.5, 0.6) is 0 Å². The topological polar surface area (TPSA) is 102 Å². The molecule has 2 aliphatic rings. The molecule has 0 radical (unpaired) electrons. The third-order valence-electron chi connectivity index (χ3n) is 4.86. The normalized spacial score (nSPS) is 21.9. The summed E-state index contributed by atoms with van der Waals surface area (Å²) in [6, 6.07) is 6.00. The zero-order valence-electron chi connectivity index (χ0n) is 15.3. The van der Waals surface area contributed by atoms with E-state index in [0.29, 0.717) is 24.9 Å². The summed E-state index contributed by atoms with van der Waals surface area (Å²) in [6.07, 6.45) is 2.21. The lowest BCUT2D eigenvalue weighted by atomic mass is 10.1. The Morgan fingerprint density at radius 3 is 2.67 bits per heavy atom. The van der Waals surface area contributed by atoms with Gasteiger partial charge in [0.2, 0.25) is 0 Å². The van der Waals surface area contributed by atoms with Crippen molar-refractivity contribution in [2.24, 2.45) is 0 Å². The molecule has 27 heavy (non-hydrogen) atoms. The summed E-state index contributed by atoms with van der Waals surface area (Å²) in [7, 11) is 3.70. The first-order valence-corrected chi connectivity index (χ1v) is 9.02. The fourth-order valence-electron chi connectivity index (χ4n) is 3.12. The Morgan fingerprint density at radius 1 is 1.19 bits per heavy atom. The summed E-state index contributed by atoms with van der Waals surface area (Å²) >= 11 is 0. The minimum atomic E-state index is -0.354. The molecule has 2 atom stereocenters. The molecule has 142 valence electrons. The van der Waals surface area contributed by atoms with E-state index in [1.807, 2.05) is 14.1 Å². The maximum absolute atomic E-state index is 12.5. The van der Waals surface area contributed by atoms with Gasteiger partial charge in [-0.3, -0.25) is 9.59 Å². The third kappa shape index (κ3) is 3.68. The third-order valence-corrected chi connectivity index (χ3v) is 4.86. The molecule has 2 unspecified atom stereocenters. The highest BCUT2D eigenvalue weighted by atomic mass is 16.5. The lowest BCUT2D eigenvalue weighted by Gasteiger charge is -2.20. The van der Waals surface area contributed by atoms with E-state index in [0.717, 1.165) is 18.5 Å². The molecule has 1 N–H and O–H groups in total. The minimum Gasteiger partial charge on any atom is -0.377 e. The molecule has 9 nitrogen and oxygen atoms in total. The van der Waals surface area contributed by atoms with Crippen molar-refractivity contribution in [1.82, 2.24) is 25.3 Å². The van der Waals surface area contributed by atoms with E-state index >= 15 is 0 Å². The van der Waals surface area contributed by atoms with E-state index in [1.54, 1.807) is 29.2 Å². The van der Waals surface area contributed by atoms with Crippen LogP contribution in [0.1, 0.15) is 41.0 Å². The molecule has 0 aromatic carbocycles. The van der Waals surface area contributed by atoms with Gasteiger partial charge in [0.05, 0.1) is 24.9 Å². The van der Waals surface area contributed by atoms with Crippen molar-refractivity contribution in [3.63, 3.8) is 0 Å². The number of hydrogen-bond donors (Lipinski definition) is 1. The molecule has 1 aliphatic carbocycles. The average molecular weight is 370 g/mol. The number of aromatic nitrogens is 4. The predicted octanol–water partition coefficient (Wildman–Crippen LogP) is 0.347. The van der Waals surface area contributed by atoms with Gasteiger partial charge in [0.1, 0.15) is 6.04 Å². The fraction of sp³-hybridized carbons (Fsp3) is 0.500. The number of anilines is 1. The van der Waals surface area contributed by atoms with Gasteiger partial charge in [-0.15, -0.1) is 10.2 Å². The van der Waals surface area contributed by atoms with Crippen LogP contribution in [0.4, 0.5) is 5.82 Å². The maximum Gasteiger partial charge on any atom is 0.272 e. The van der Waals surface area contributed by atoms with Gasteiger partial charge in [0.25, 0.3) is 11.5 Å². The first-order valence-electron chi connectivity index (χ1n) is 9.02. The van der Waals surface area contributed by atoms with Gasteiger partial charge in [-0.25, -0.2) is 4.68 Å². The maximum atomic E-state index is 12.5. The van der Waals surface area contributed by atoms with E-state index in [2.05, 4.69) is 20.6 Å². The van der Waals surface area contributed by atoms with Crippen molar-refractivity contribution < 1.29 is 9.53 Å². The second kappa shape index (κ2) is 7.07. The van der Waals surface area contributed by atoms with Crippen molar-refractivity contribution in [2.75, 3.05) is 32.2 Å². The first kappa shape index (κ1) is 17.6. The van der Waals surface area contributed by atoms with Crippen molar-refractivity contribution in [2.45, 2.75) is 30.8 Å². The van der Waals surface area contributed by atoms with E-state index in [9.17, 15) is 9.59 Å². The molecule has 0 bridgehead atoms. The Bertz CT molecular complexity index is 891. The van der Waals surface area contributed by atoms with Crippen molar-refractivity contribution in [1.29, 1.82) is 0 Å². The molecule has 2 fully saturated rings. The van der Waals surface area contributed by atoms with Crippen molar-refractivity contribution >= 4 is 11.7 Å². The Balaban J connectivity index is 1.51. The fourth-order valence-corrected chi connectivity index (χ4v) is 3.12. The predicted molar refractivity (Wildman–Crippen MR) is 97.9 cm³/mol. The molecule has 1 amide bonds. The highest BCUT2D eigenvalue weighted by Gasteiger charge is 2.34. The molecule has 4 rings (SSSR count). The van der Waals surface area contributed by atoms with Gasteiger partial charge < -0.3 is 15.0 Å². The number of hydrogen-bond acceptors (Lipinski definition) is 7. The molecule has 2 aromatic heterocycles. The molecular formula is C18H22N6O3. The summed E-state index contributed by atoms with van der Waals surface area (Å²) in [5.74, 6) is 0.763. The van der Waals surface area contributed by atoms with Crippen LogP contribution in [-0.2, 0) is 4.74 Å². The number of ether oxygens (including phenoxy) is 1. The summed E-state index contributed by atoms with van der Waals surface area (Å²) in [5.41, 5.74) is 0.958. The smallest absolute Gasteiger partial charge is 0.272 e. The van der Waals surface area contributed by atoms with Crippen LogP contribution in [0.2, 0.25) is 0 Å². The molecule has 9 heteroatoms. The van der Waals surface area contributed by atoms with Crippen LogP contribution in [0.25, 0.3) is 0 Å². The Labute approximate surface area is 156 Å². The van der Waals surface area contributed by atoms with Gasteiger partial charge in [-0.2, -0.15) is 5.10 Å². The van der Waals surface area contributed by atoms with Crippen LogP contribution < -0.4 is 15.8 Å². The number of nitrogens with one attached hydrogen (secondary N) is 1. The summed E-state index contributed by atoms with van der Waals surface area (Å²) in [4.78, 5) is 26.7. The number of rotatable bonds is 5. The quantitative estimate of drug-likeness (QED) is 0.810. The standard InChI is InChI=1S/C18H22N6O3/c1-23(2)16-7-5-13(20-21-16)18(26)19-14-9-27-10-15(14)24-17(25)8-6-12(22-24)11-3-4-11/h5-8,11,14-15H,3-4,9-10H2,1-2H3,(H,19,26). The van der Waals surface area contributed by atoms with Crippen LogP contribution in [0.3, 0.4) is 0 Å². The molecular weight excluding hydrogens is 348 g/mol. The van der Waals surface area contributed by atoms with E-state index < -0.39 is 0 Å². The highest BCUT2D eigenvalue weighted by Crippen LogP contribution is 2.38. The summed E-state index contributed by atoms with van der Waals surface area (Å²) in [6.45, 7) is 0.651. The minimum absolute atomic E-state index is 0.190. The van der Waals surface area contributed by atoms with Gasteiger partial charge in [-0.1, -0.05) is 0 Å². The molecule has 2 aromatic rings. The first-order chi connectivity index (χ1) is 13.0. The number of carbonyl (C=O) groups is 1. The highest BCUT2D eigenvalue weighted by molar-refractivity contribution is 5.92. The largest absolute Gasteiger partial charge is 0.377 e. The molecule has 3 heterocycles. The van der Waals surface area contributed by atoms with E-state index in [4.69, 9.17) is 4.74 Å². The number of amides is 1. The number of carbonyl (C=O) groups excluding carboxylic acids is 1. The van der Waals surface area contributed by atoms with Crippen LogP contribution in [-0.4, -0.2) is 59.2 Å². The summed E-state index contributed by atoms with van der Waals surface area (Å²) in [5, 5.41) is 15.4. The van der Waals surface area contributed by atoms with Crippen LogP contribution >= 0.6 is 0 Å². The van der Waals surface area contributed by atoms with Crippen LogP contribution in [0.15, 0.2) is 29.1 Å². The Morgan fingerprint density at radius 2 is 2.00 bits per heavy atom. The average Bonchev–Trinajstić information content (AvgIpc) is 3.42. The van der Waals surface area contributed by atoms with E-state index in [1.165, 1.54) is 4.68 Å². The van der Waals surface area contributed by atoms with Crippen molar-refractivity contribution in [3.8, 4) is 0 Å². The van der Waals surface area contributed by atoms with Crippen LogP contribution in [0, 0.1) is 0 Å². The molecule has 0 spiro atoms. The van der Waals surface area contributed by atoms with Gasteiger partial charge in [0, 0.05) is 26.1 Å². The number of nitrogens with zero attached hydrogens (tertiary/aromatic N) is 5. The molecule has 1 saturated carbocycles. The Hall–Kier alpha value is -2.81.